The Balaban J connectivity index is 1.45. The lowest BCUT2D eigenvalue weighted by atomic mass is 9.97. The van der Waals surface area contributed by atoms with Gasteiger partial charge in [0.25, 0.3) is 5.91 Å². The number of carbonyl (C=O) groups excluding carboxylic acids is 1. The van der Waals surface area contributed by atoms with Gasteiger partial charge in [-0.3, -0.25) is 9.20 Å². The number of amides is 1. The molecule has 140 valence electrons. The van der Waals surface area contributed by atoms with E-state index in [1.54, 1.807) is 0 Å². The minimum atomic E-state index is -0.512. The zero-order valence-electron chi connectivity index (χ0n) is 15.7. The highest BCUT2D eigenvalue weighted by molar-refractivity contribution is 5.81. The number of carbonyl (C=O) groups is 1. The lowest BCUT2D eigenvalue weighted by Gasteiger charge is -2.33. The average Bonchev–Trinajstić information content (AvgIpc) is 3.13. The Morgan fingerprint density at radius 3 is 2.81 bits per heavy atom. The monoisotopic (exact) mass is 364 g/mol. The lowest BCUT2D eigenvalue weighted by Crippen LogP contribution is -2.45. The molecule has 6 nitrogen and oxygen atoms in total. The molecule has 1 aliphatic heterocycles. The van der Waals surface area contributed by atoms with E-state index < -0.39 is 6.10 Å². The van der Waals surface area contributed by atoms with Gasteiger partial charge in [-0.05, 0) is 51.0 Å². The van der Waals surface area contributed by atoms with Gasteiger partial charge in [-0.15, -0.1) is 10.2 Å². The van der Waals surface area contributed by atoms with E-state index in [1.807, 2.05) is 71.8 Å². The Morgan fingerprint density at radius 2 is 2.00 bits per heavy atom. The van der Waals surface area contributed by atoms with Gasteiger partial charge in [-0.2, -0.15) is 0 Å². The number of benzene rings is 1. The van der Waals surface area contributed by atoms with Gasteiger partial charge in [0, 0.05) is 25.2 Å². The van der Waals surface area contributed by atoms with Gasteiger partial charge in [0.15, 0.2) is 11.8 Å². The Labute approximate surface area is 158 Å². The maximum atomic E-state index is 12.9. The molecule has 3 heterocycles. The molecule has 2 aromatic heterocycles. The van der Waals surface area contributed by atoms with Crippen LogP contribution in [0.5, 0.6) is 5.75 Å². The fourth-order valence-corrected chi connectivity index (χ4v) is 3.65. The molecule has 1 aliphatic rings. The van der Waals surface area contributed by atoms with Crippen LogP contribution in [0.25, 0.3) is 5.65 Å². The number of ether oxygens (including phenoxy) is 1. The van der Waals surface area contributed by atoms with Crippen molar-refractivity contribution in [2.45, 2.75) is 38.7 Å². The maximum Gasteiger partial charge on any atom is 0.263 e. The second-order valence-electron chi connectivity index (χ2n) is 7.18. The smallest absolute Gasteiger partial charge is 0.263 e. The second kappa shape index (κ2) is 7.39. The minimum absolute atomic E-state index is 0.0223. The van der Waals surface area contributed by atoms with Crippen LogP contribution in [0.4, 0.5) is 0 Å². The Kier molecular flexibility index (Phi) is 4.79. The summed E-state index contributed by atoms with van der Waals surface area (Å²) in [6.45, 7) is 5.25. The molecule has 4 rings (SSSR count). The number of hydrogen-bond acceptors (Lipinski definition) is 4. The van der Waals surface area contributed by atoms with Crippen molar-refractivity contribution in [1.29, 1.82) is 0 Å². The molecule has 0 spiro atoms. The molecule has 1 aromatic carbocycles. The minimum Gasteiger partial charge on any atom is -0.481 e. The third-order valence-corrected chi connectivity index (χ3v) is 5.12. The maximum absolute atomic E-state index is 12.9. The zero-order chi connectivity index (χ0) is 18.8. The topological polar surface area (TPSA) is 59.7 Å². The summed E-state index contributed by atoms with van der Waals surface area (Å²) in [6.07, 6.45) is 3.43. The van der Waals surface area contributed by atoms with Gasteiger partial charge < -0.3 is 9.64 Å². The summed E-state index contributed by atoms with van der Waals surface area (Å²) in [5, 5.41) is 8.62. The molecule has 0 saturated carbocycles. The molecule has 0 radical (unpaired) electrons. The van der Waals surface area contributed by atoms with Crippen molar-refractivity contribution in [3.05, 3.63) is 60.0 Å². The van der Waals surface area contributed by atoms with E-state index in [-0.39, 0.29) is 11.8 Å². The molecule has 0 aliphatic carbocycles. The van der Waals surface area contributed by atoms with Crippen LogP contribution in [-0.4, -0.2) is 44.6 Å². The van der Waals surface area contributed by atoms with Gasteiger partial charge in [-0.1, -0.05) is 23.8 Å². The van der Waals surface area contributed by atoms with Crippen LogP contribution >= 0.6 is 0 Å². The van der Waals surface area contributed by atoms with E-state index >= 15 is 0 Å². The number of nitrogens with zero attached hydrogens (tertiary/aromatic N) is 4. The van der Waals surface area contributed by atoms with Crippen LogP contribution in [0.1, 0.15) is 37.1 Å². The first-order chi connectivity index (χ1) is 13.1. The van der Waals surface area contributed by atoms with E-state index in [0.29, 0.717) is 6.54 Å². The molecule has 1 saturated heterocycles. The van der Waals surface area contributed by atoms with Crippen LogP contribution in [0.2, 0.25) is 0 Å². The van der Waals surface area contributed by atoms with Crippen molar-refractivity contribution >= 4 is 11.6 Å². The van der Waals surface area contributed by atoms with Crippen molar-refractivity contribution in [3.63, 3.8) is 0 Å². The number of aryl methyl sites for hydroxylation is 1. The van der Waals surface area contributed by atoms with Crippen molar-refractivity contribution in [2.75, 3.05) is 13.1 Å². The molecule has 0 N–H and O–H groups in total. The molecular weight excluding hydrogens is 340 g/mol. The third-order valence-electron chi connectivity index (χ3n) is 5.12. The van der Waals surface area contributed by atoms with Crippen molar-refractivity contribution in [1.82, 2.24) is 19.5 Å². The molecule has 2 atom stereocenters. The Bertz CT molecular complexity index is 935. The van der Waals surface area contributed by atoms with Gasteiger partial charge in [0.05, 0.1) is 0 Å². The summed E-state index contributed by atoms with van der Waals surface area (Å²) < 4.78 is 7.87. The molecule has 0 bridgehead atoms. The van der Waals surface area contributed by atoms with Gasteiger partial charge in [-0.25, -0.2) is 0 Å². The number of rotatable bonds is 4. The highest BCUT2D eigenvalue weighted by Crippen LogP contribution is 2.27. The first-order valence-corrected chi connectivity index (χ1v) is 9.43. The fourth-order valence-electron chi connectivity index (χ4n) is 3.65. The highest BCUT2D eigenvalue weighted by atomic mass is 16.5. The lowest BCUT2D eigenvalue weighted by molar-refractivity contribution is -0.139. The van der Waals surface area contributed by atoms with E-state index in [1.165, 1.54) is 5.56 Å². The Hall–Kier alpha value is -2.89. The van der Waals surface area contributed by atoms with Crippen molar-refractivity contribution in [3.8, 4) is 5.75 Å². The largest absolute Gasteiger partial charge is 0.481 e. The number of hydrogen-bond donors (Lipinski definition) is 0. The number of piperidine rings is 1. The van der Waals surface area contributed by atoms with E-state index in [4.69, 9.17) is 4.74 Å². The van der Waals surface area contributed by atoms with Crippen LogP contribution in [0.3, 0.4) is 0 Å². The first kappa shape index (κ1) is 17.5. The van der Waals surface area contributed by atoms with Crippen LogP contribution in [0, 0.1) is 6.92 Å². The molecule has 3 aromatic rings. The Morgan fingerprint density at radius 1 is 1.19 bits per heavy atom. The van der Waals surface area contributed by atoms with Crippen LogP contribution in [-0.2, 0) is 4.79 Å². The quantitative estimate of drug-likeness (QED) is 0.713. The molecule has 1 fully saturated rings. The summed E-state index contributed by atoms with van der Waals surface area (Å²) in [4.78, 5) is 14.8. The zero-order valence-corrected chi connectivity index (χ0v) is 15.7. The van der Waals surface area contributed by atoms with E-state index in [0.717, 1.165) is 36.6 Å². The molecule has 27 heavy (non-hydrogen) atoms. The first-order valence-electron chi connectivity index (χ1n) is 9.43. The van der Waals surface area contributed by atoms with Crippen LogP contribution in [0.15, 0.2) is 48.7 Å². The fraction of sp³-hybridized carbons (Fsp3) is 0.381. The SMILES string of the molecule is Cc1ccc(OC(C)C(=O)N2CCCC(c3nnc4ccccn34)C2)cc1. The highest BCUT2D eigenvalue weighted by Gasteiger charge is 2.30. The van der Waals surface area contributed by atoms with Gasteiger partial charge in [0.2, 0.25) is 0 Å². The average molecular weight is 364 g/mol. The molecule has 6 heteroatoms. The summed E-state index contributed by atoms with van der Waals surface area (Å²) in [7, 11) is 0. The standard InChI is InChI=1S/C21H24N4O2/c1-15-8-10-18(11-9-15)27-16(2)21(26)24-12-5-6-17(14-24)20-23-22-19-7-3-4-13-25(19)20/h3-4,7-11,13,16-17H,5-6,12,14H2,1-2H3. The number of pyridine rings is 1. The third kappa shape index (κ3) is 3.65. The number of fused-ring (bicyclic) bond motifs is 1. The predicted octanol–water partition coefficient (Wildman–Crippen LogP) is 3.21. The molecular formula is C21H24N4O2. The molecule has 1 amide bonds. The van der Waals surface area contributed by atoms with Gasteiger partial charge in [0.1, 0.15) is 11.6 Å². The summed E-state index contributed by atoms with van der Waals surface area (Å²) in [5.41, 5.74) is 2.01. The summed E-state index contributed by atoms with van der Waals surface area (Å²) >= 11 is 0. The summed E-state index contributed by atoms with van der Waals surface area (Å²) in [5.74, 6) is 1.86. The second-order valence-corrected chi connectivity index (χ2v) is 7.18. The van der Waals surface area contributed by atoms with Gasteiger partial charge >= 0.3 is 0 Å². The normalized spacial score (nSPS) is 18.4. The van der Waals surface area contributed by atoms with E-state index in [9.17, 15) is 4.79 Å². The number of likely N-dealkylation sites (tertiary alicyclic amines) is 1. The van der Waals surface area contributed by atoms with E-state index in [2.05, 4.69) is 10.2 Å². The van der Waals surface area contributed by atoms with Crippen molar-refractivity contribution < 1.29 is 9.53 Å². The molecule has 2 unspecified atom stereocenters. The van der Waals surface area contributed by atoms with Crippen molar-refractivity contribution in [2.24, 2.45) is 0 Å². The predicted molar refractivity (Wildman–Crippen MR) is 103 cm³/mol. The van der Waals surface area contributed by atoms with Crippen LogP contribution < -0.4 is 4.74 Å². The number of aromatic nitrogens is 3. The summed E-state index contributed by atoms with van der Waals surface area (Å²) in [6, 6.07) is 13.7.